The van der Waals surface area contributed by atoms with Crippen LogP contribution in [0.3, 0.4) is 0 Å². The maximum Gasteiger partial charge on any atom is 0.354 e. The fraction of sp³-hybridized carbons (Fsp3) is 0.455. The van der Waals surface area contributed by atoms with Crippen LogP contribution in [0, 0.1) is 0 Å². The van der Waals surface area contributed by atoms with Crippen LogP contribution < -0.4 is 0 Å². The van der Waals surface area contributed by atoms with E-state index in [1.54, 1.807) is 12.3 Å². The highest BCUT2D eigenvalue weighted by atomic mass is 16.4. The largest absolute Gasteiger partial charge is 0.477 e. The predicted octanol–water partition coefficient (Wildman–Crippen LogP) is 1.55. The molecule has 0 aromatic carbocycles. The lowest BCUT2D eigenvalue weighted by Crippen LogP contribution is -2.18. The van der Waals surface area contributed by atoms with Crippen molar-refractivity contribution >= 4 is 5.97 Å². The molecule has 0 spiro atoms. The van der Waals surface area contributed by atoms with Crippen LogP contribution in [0.1, 0.15) is 34.9 Å². The topological polar surface area (TPSA) is 53.4 Å². The van der Waals surface area contributed by atoms with Crippen LogP contribution >= 0.6 is 0 Å². The van der Waals surface area contributed by atoms with Crippen molar-refractivity contribution in [2.24, 2.45) is 0 Å². The van der Waals surface area contributed by atoms with Gasteiger partial charge in [0.15, 0.2) is 0 Å². The Morgan fingerprint density at radius 1 is 1.67 bits per heavy atom. The highest BCUT2D eigenvalue weighted by molar-refractivity contribution is 5.85. The van der Waals surface area contributed by atoms with Gasteiger partial charge in [0.25, 0.3) is 0 Å². The Kier molecular flexibility index (Phi) is 2.68. The van der Waals surface area contributed by atoms with Gasteiger partial charge in [-0.25, -0.2) is 9.78 Å². The Bertz CT molecular complexity index is 379. The molecule has 1 atom stereocenters. The van der Waals surface area contributed by atoms with Gasteiger partial charge in [0.1, 0.15) is 5.69 Å². The molecule has 1 aromatic rings. The van der Waals surface area contributed by atoms with Crippen LogP contribution in [0.5, 0.6) is 0 Å². The van der Waals surface area contributed by atoms with Crippen molar-refractivity contribution in [2.45, 2.75) is 18.9 Å². The fourth-order valence-electron chi connectivity index (χ4n) is 2.10. The highest BCUT2D eigenvalue weighted by Gasteiger charge is 2.23. The van der Waals surface area contributed by atoms with Gasteiger partial charge in [0.05, 0.1) is 0 Å². The zero-order valence-corrected chi connectivity index (χ0v) is 8.68. The van der Waals surface area contributed by atoms with Crippen LogP contribution in [-0.2, 0) is 0 Å². The third-order valence-corrected chi connectivity index (χ3v) is 2.91. The molecule has 4 heteroatoms. The molecule has 0 saturated carbocycles. The number of carboxylic acid groups (broad SMARTS) is 1. The van der Waals surface area contributed by atoms with E-state index in [1.807, 2.05) is 6.07 Å². The first-order chi connectivity index (χ1) is 7.18. The first-order valence-electron chi connectivity index (χ1n) is 5.08. The molecule has 0 bridgehead atoms. The van der Waals surface area contributed by atoms with Gasteiger partial charge in [-0.3, -0.25) is 4.90 Å². The average Bonchev–Trinajstić information content (AvgIpc) is 2.64. The minimum Gasteiger partial charge on any atom is -0.477 e. The van der Waals surface area contributed by atoms with Crippen LogP contribution in [-0.4, -0.2) is 34.6 Å². The summed E-state index contributed by atoms with van der Waals surface area (Å²) >= 11 is 0. The summed E-state index contributed by atoms with van der Waals surface area (Å²) in [7, 11) is 2.07. The predicted molar refractivity (Wildman–Crippen MR) is 55.8 cm³/mol. The van der Waals surface area contributed by atoms with Crippen molar-refractivity contribution in [2.75, 3.05) is 13.6 Å². The van der Waals surface area contributed by atoms with Gasteiger partial charge in [0, 0.05) is 12.2 Å². The van der Waals surface area contributed by atoms with Gasteiger partial charge in [-0.2, -0.15) is 0 Å². The molecule has 0 amide bonds. The minimum absolute atomic E-state index is 0.132. The van der Waals surface area contributed by atoms with Gasteiger partial charge in [0.2, 0.25) is 0 Å². The Morgan fingerprint density at radius 3 is 3.07 bits per heavy atom. The van der Waals surface area contributed by atoms with Gasteiger partial charge in [-0.1, -0.05) is 0 Å². The second-order valence-electron chi connectivity index (χ2n) is 3.92. The summed E-state index contributed by atoms with van der Waals surface area (Å²) in [5.41, 5.74) is 1.19. The summed E-state index contributed by atoms with van der Waals surface area (Å²) in [4.78, 5) is 16.8. The van der Waals surface area contributed by atoms with Crippen LogP contribution in [0.25, 0.3) is 0 Å². The normalized spacial score (nSPS) is 21.8. The number of likely N-dealkylation sites (tertiary alicyclic amines) is 1. The SMILES string of the molecule is CN1CCC[C@@H]1c1ccnc(C(=O)O)c1. The van der Waals surface area contributed by atoms with Crippen LogP contribution in [0.2, 0.25) is 0 Å². The maximum absolute atomic E-state index is 10.8. The number of rotatable bonds is 2. The Hall–Kier alpha value is -1.42. The fourth-order valence-corrected chi connectivity index (χ4v) is 2.10. The van der Waals surface area contributed by atoms with Crippen molar-refractivity contribution in [3.05, 3.63) is 29.6 Å². The third kappa shape index (κ3) is 1.99. The molecular weight excluding hydrogens is 192 g/mol. The number of carboxylic acids is 1. The van der Waals surface area contributed by atoms with E-state index in [2.05, 4.69) is 16.9 Å². The van der Waals surface area contributed by atoms with Gasteiger partial charge >= 0.3 is 5.97 Å². The second kappa shape index (κ2) is 3.98. The molecule has 2 rings (SSSR count). The van der Waals surface area contributed by atoms with E-state index in [0.717, 1.165) is 18.5 Å². The number of nitrogens with zero attached hydrogens (tertiary/aromatic N) is 2. The Morgan fingerprint density at radius 2 is 2.47 bits per heavy atom. The Balaban J connectivity index is 2.28. The van der Waals surface area contributed by atoms with Crippen molar-refractivity contribution in [1.82, 2.24) is 9.88 Å². The molecule has 0 unspecified atom stereocenters. The van der Waals surface area contributed by atoms with E-state index in [9.17, 15) is 4.79 Å². The number of hydrogen-bond donors (Lipinski definition) is 1. The summed E-state index contributed by atoms with van der Waals surface area (Å²) in [5.74, 6) is -0.961. The van der Waals surface area contributed by atoms with Crippen molar-refractivity contribution in [3.63, 3.8) is 0 Å². The maximum atomic E-state index is 10.8. The molecule has 4 nitrogen and oxygen atoms in total. The molecule has 0 aliphatic carbocycles. The standard InChI is InChI=1S/C11H14N2O2/c1-13-6-2-3-10(13)8-4-5-12-9(7-8)11(14)15/h4-5,7,10H,2-3,6H2,1H3,(H,14,15)/t10-/m1/s1. The average molecular weight is 206 g/mol. The number of carbonyl (C=O) groups is 1. The second-order valence-corrected chi connectivity index (χ2v) is 3.92. The highest BCUT2D eigenvalue weighted by Crippen LogP contribution is 2.30. The first-order valence-corrected chi connectivity index (χ1v) is 5.08. The van der Waals surface area contributed by atoms with Gasteiger partial charge < -0.3 is 5.11 Å². The van der Waals surface area contributed by atoms with E-state index in [1.165, 1.54) is 6.42 Å². The number of pyridine rings is 1. The number of aromatic nitrogens is 1. The zero-order valence-electron chi connectivity index (χ0n) is 8.68. The molecule has 1 aliphatic rings. The smallest absolute Gasteiger partial charge is 0.354 e. The zero-order chi connectivity index (χ0) is 10.8. The minimum atomic E-state index is -0.961. The molecule has 1 aromatic heterocycles. The summed E-state index contributed by atoms with van der Waals surface area (Å²) < 4.78 is 0. The Labute approximate surface area is 88.6 Å². The van der Waals surface area contributed by atoms with Crippen LogP contribution in [0.4, 0.5) is 0 Å². The van der Waals surface area contributed by atoms with E-state index in [0.29, 0.717) is 6.04 Å². The summed E-state index contributed by atoms with van der Waals surface area (Å²) in [5, 5.41) is 8.84. The van der Waals surface area contributed by atoms with E-state index >= 15 is 0 Å². The number of hydrogen-bond acceptors (Lipinski definition) is 3. The van der Waals surface area contributed by atoms with Crippen molar-refractivity contribution in [3.8, 4) is 0 Å². The lowest BCUT2D eigenvalue weighted by atomic mass is 10.1. The molecule has 80 valence electrons. The molecule has 1 aliphatic heterocycles. The lowest BCUT2D eigenvalue weighted by Gasteiger charge is -2.19. The molecule has 15 heavy (non-hydrogen) atoms. The molecular formula is C11H14N2O2. The summed E-state index contributed by atoms with van der Waals surface area (Å²) in [6, 6.07) is 3.93. The monoisotopic (exact) mass is 206 g/mol. The summed E-state index contributed by atoms with van der Waals surface area (Å²) in [6.07, 6.45) is 3.84. The number of aromatic carboxylic acids is 1. The van der Waals surface area contributed by atoms with E-state index in [-0.39, 0.29) is 5.69 Å². The van der Waals surface area contributed by atoms with Crippen LogP contribution in [0.15, 0.2) is 18.3 Å². The lowest BCUT2D eigenvalue weighted by molar-refractivity contribution is 0.0690. The summed E-state index contributed by atoms with van der Waals surface area (Å²) in [6.45, 7) is 1.08. The van der Waals surface area contributed by atoms with E-state index in [4.69, 9.17) is 5.11 Å². The van der Waals surface area contributed by atoms with Gasteiger partial charge in [-0.15, -0.1) is 0 Å². The quantitative estimate of drug-likeness (QED) is 0.797. The van der Waals surface area contributed by atoms with Crippen molar-refractivity contribution < 1.29 is 9.90 Å². The molecule has 0 radical (unpaired) electrons. The molecule has 2 heterocycles. The van der Waals surface area contributed by atoms with Crippen molar-refractivity contribution in [1.29, 1.82) is 0 Å². The molecule has 1 N–H and O–H groups in total. The van der Waals surface area contributed by atoms with Gasteiger partial charge in [-0.05, 0) is 44.1 Å². The first kappa shape index (κ1) is 10.1. The molecule has 1 fully saturated rings. The third-order valence-electron chi connectivity index (χ3n) is 2.91. The molecule has 1 saturated heterocycles. The van der Waals surface area contributed by atoms with E-state index < -0.39 is 5.97 Å².